The highest BCUT2D eigenvalue weighted by Crippen LogP contribution is 2.23. The summed E-state index contributed by atoms with van der Waals surface area (Å²) in [6.45, 7) is 3.69. The molecule has 0 heterocycles. The van der Waals surface area contributed by atoms with Gasteiger partial charge in [0.2, 0.25) is 0 Å². The molecule has 0 aliphatic carbocycles. The number of nitro groups is 1. The summed E-state index contributed by atoms with van der Waals surface area (Å²) in [5.74, 6) is -1.23. The minimum absolute atomic E-state index is 0.0979. The molecule has 7 heteroatoms. The molecule has 2 aromatic rings. The minimum Gasteiger partial charge on any atom is -0.465 e. The number of non-ortho nitro benzene ring substituents is 1. The number of hydrogen-bond donors (Lipinski definition) is 0. The molecule has 2 aromatic carbocycles. The van der Waals surface area contributed by atoms with Crippen molar-refractivity contribution in [2.24, 2.45) is 0 Å². The summed E-state index contributed by atoms with van der Waals surface area (Å²) in [6.07, 6.45) is 0. The van der Waals surface area contributed by atoms with E-state index >= 15 is 0 Å². The topological polar surface area (TPSA) is 95.7 Å². The van der Waals surface area contributed by atoms with Crippen LogP contribution in [0.3, 0.4) is 0 Å². The van der Waals surface area contributed by atoms with E-state index in [1.54, 1.807) is 19.1 Å². The van der Waals surface area contributed by atoms with Crippen molar-refractivity contribution in [2.45, 2.75) is 13.8 Å². The molecule has 0 amide bonds. The van der Waals surface area contributed by atoms with Crippen LogP contribution in [0, 0.1) is 24.0 Å². The number of ether oxygens (including phenoxy) is 2. The molecule has 0 spiro atoms. The van der Waals surface area contributed by atoms with Gasteiger partial charge in [-0.1, -0.05) is 17.7 Å². The first-order valence-corrected chi connectivity index (χ1v) is 6.99. The molecular weight excluding hydrogens is 314 g/mol. The molecule has 0 aromatic heterocycles. The Hall–Kier alpha value is -3.22. The van der Waals surface area contributed by atoms with Crippen LogP contribution in [0.5, 0.6) is 5.75 Å². The van der Waals surface area contributed by atoms with Crippen LogP contribution in [-0.4, -0.2) is 24.0 Å². The van der Waals surface area contributed by atoms with Crippen molar-refractivity contribution in [2.75, 3.05) is 7.11 Å². The third-order valence-corrected chi connectivity index (χ3v) is 3.32. The SMILES string of the molecule is COC(=O)c1cc(C(=O)Oc2ccc(C)cc2C)cc([N+](=O)[O-])c1. The van der Waals surface area contributed by atoms with Crippen molar-refractivity contribution in [3.63, 3.8) is 0 Å². The van der Waals surface area contributed by atoms with Gasteiger partial charge < -0.3 is 9.47 Å². The lowest BCUT2D eigenvalue weighted by atomic mass is 10.1. The molecule has 0 saturated carbocycles. The molecule has 2 rings (SSSR count). The van der Waals surface area contributed by atoms with E-state index in [1.165, 1.54) is 6.07 Å². The number of carbonyl (C=O) groups is 2. The summed E-state index contributed by atoms with van der Waals surface area (Å²) in [5, 5.41) is 11.0. The molecule has 0 aliphatic heterocycles. The predicted molar refractivity (Wildman–Crippen MR) is 85.3 cm³/mol. The molecule has 24 heavy (non-hydrogen) atoms. The minimum atomic E-state index is -0.796. The number of rotatable bonds is 4. The lowest BCUT2D eigenvalue weighted by molar-refractivity contribution is -0.384. The van der Waals surface area contributed by atoms with Crippen LogP contribution in [0.25, 0.3) is 0 Å². The molecule has 7 nitrogen and oxygen atoms in total. The van der Waals surface area contributed by atoms with Gasteiger partial charge in [-0.05, 0) is 31.5 Å². The van der Waals surface area contributed by atoms with Crippen LogP contribution in [0.1, 0.15) is 31.8 Å². The van der Waals surface area contributed by atoms with Gasteiger partial charge in [0.25, 0.3) is 5.69 Å². The number of nitrogens with zero attached hydrogens (tertiary/aromatic N) is 1. The van der Waals surface area contributed by atoms with Crippen LogP contribution >= 0.6 is 0 Å². The number of methoxy groups -OCH3 is 1. The van der Waals surface area contributed by atoms with Crippen molar-refractivity contribution >= 4 is 17.6 Å². The standard InChI is InChI=1S/C17H15NO6/c1-10-4-5-15(11(2)6-10)24-17(20)13-7-12(16(19)23-3)8-14(9-13)18(21)22/h4-9H,1-3H3. The first-order valence-electron chi connectivity index (χ1n) is 6.99. The number of carbonyl (C=O) groups excluding carboxylic acids is 2. The van der Waals surface area contributed by atoms with Gasteiger partial charge in [0.1, 0.15) is 5.75 Å². The monoisotopic (exact) mass is 329 g/mol. The lowest BCUT2D eigenvalue weighted by Crippen LogP contribution is -2.12. The summed E-state index contributed by atoms with van der Waals surface area (Å²) < 4.78 is 9.82. The molecule has 0 saturated heterocycles. The van der Waals surface area contributed by atoms with E-state index in [0.29, 0.717) is 5.75 Å². The lowest BCUT2D eigenvalue weighted by Gasteiger charge is -2.09. The largest absolute Gasteiger partial charge is 0.465 e. The van der Waals surface area contributed by atoms with Gasteiger partial charge in [-0.2, -0.15) is 0 Å². The van der Waals surface area contributed by atoms with Crippen LogP contribution in [-0.2, 0) is 4.74 Å². The van der Waals surface area contributed by atoms with Gasteiger partial charge in [0.15, 0.2) is 0 Å². The molecule has 0 radical (unpaired) electrons. The Kier molecular flexibility index (Phi) is 4.93. The first kappa shape index (κ1) is 17.1. The zero-order chi connectivity index (χ0) is 17.9. The quantitative estimate of drug-likeness (QED) is 0.370. The Morgan fingerprint density at radius 3 is 2.17 bits per heavy atom. The number of nitro benzene ring substituents is 1. The number of esters is 2. The fraction of sp³-hybridized carbons (Fsp3) is 0.176. The van der Waals surface area contributed by atoms with Crippen molar-refractivity contribution < 1.29 is 24.0 Å². The van der Waals surface area contributed by atoms with Gasteiger partial charge in [0, 0.05) is 12.1 Å². The average Bonchev–Trinajstić information content (AvgIpc) is 2.56. The van der Waals surface area contributed by atoms with E-state index in [2.05, 4.69) is 4.74 Å². The maximum absolute atomic E-state index is 12.3. The van der Waals surface area contributed by atoms with Gasteiger partial charge in [-0.15, -0.1) is 0 Å². The van der Waals surface area contributed by atoms with E-state index in [4.69, 9.17) is 4.74 Å². The van der Waals surface area contributed by atoms with Gasteiger partial charge in [-0.3, -0.25) is 10.1 Å². The zero-order valence-electron chi connectivity index (χ0n) is 13.4. The van der Waals surface area contributed by atoms with E-state index in [1.807, 2.05) is 13.0 Å². The molecular formula is C17H15NO6. The number of hydrogen-bond acceptors (Lipinski definition) is 6. The molecule has 124 valence electrons. The van der Waals surface area contributed by atoms with Crippen LogP contribution in [0.2, 0.25) is 0 Å². The van der Waals surface area contributed by atoms with Gasteiger partial charge in [0.05, 0.1) is 23.2 Å². The zero-order valence-corrected chi connectivity index (χ0v) is 13.4. The highest BCUT2D eigenvalue weighted by atomic mass is 16.6. The predicted octanol–water partition coefficient (Wildman–Crippen LogP) is 3.22. The smallest absolute Gasteiger partial charge is 0.343 e. The second-order valence-electron chi connectivity index (χ2n) is 5.18. The van der Waals surface area contributed by atoms with Crippen molar-refractivity contribution in [1.82, 2.24) is 0 Å². The third kappa shape index (κ3) is 3.75. The highest BCUT2D eigenvalue weighted by molar-refractivity contribution is 5.97. The maximum atomic E-state index is 12.3. The van der Waals surface area contributed by atoms with E-state index in [9.17, 15) is 19.7 Å². The molecule has 0 N–H and O–H groups in total. The van der Waals surface area contributed by atoms with E-state index in [0.717, 1.165) is 30.4 Å². The molecule has 0 atom stereocenters. The van der Waals surface area contributed by atoms with Gasteiger partial charge in [-0.25, -0.2) is 9.59 Å². The normalized spacial score (nSPS) is 10.1. The van der Waals surface area contributed by atoms with Crippen LogP contribution in [0.15, 0.2) is 36.4 Å². The Bertz CT molecular complexity index is 828. The fourth-order valence-corrected chi connectivity index (χ4v) is 2.14. The Labute approximate surface area is 138 Å². The highest BCUT2D eigenvalue weighted by Gasteiger charge is 2.20. The number of aryl methyl sites for hydroxylation is 2. The van der Waals surface area contributed by atoms with Gasteiger partial charge >= 0.3 is 11.9 Å². The fourth-order valence-electron chi connectivity index (χ4n) is 2.14. The van der Waals surface area contributed by atoms with Crippen LogP contribution in [0.4, 0.5) is 5.69 Å². The van der Waals surface area contributed by atoms with E-state index in [-0.39, 0.29) is 11.1 Å². The van der Waals surface area contributed by atoms with Crippen LogP contribution < -0.4 is 4.74 Å². The van der Waals surface area contributed by atoms with Crippen molar-refractivity contribution in [3.8, 4) is 5.75 Å². The third-order valence-electron chi connectivity index (χ3n) is 3.32. The van der Waals surface area contributed by atoms with Crippen molar-refractivity contribution in [3.05, 3.63) is 68.8 Å². The second kappa shape index (κ2) is 6.91. The summed E-state index contributed by atoms with van der Waals surface area (Å²) in [7, 11) is 1.15. The van der Waals surface area contributed by atoms with E-state index < -0.39 is 22.5 Å². The number of benzene rings is 2. The van der Waals surface area contributed by atoms with Crippen molar-refractivity contribution in [1.29, 1.82) is 0 Å². The summed E-state index contributed by atoms with van der Waals surface area (Å²) in [6, 6.07) is 8.56. The Balaban J connectivity index is 2.39. The Morgan fingerprint density at radius 2 is 1.62 bits per heavy atom. The molecule has 0 fully saturated rings. The summed E-state index contributed by atoms with van der Waals surface area (Å²) >= 11 is 0. The summed E-state index contributed by atoms with van der Waals surface area (Å²) in [5.41, 5.74) is 1.16. The first-order chi connectivity index (χ1) is 11.3. The average molecular weight is 329 g/mol. The second-order valence-corrected chi connectivity index (χ2v) is 5.18. The molecule has 0 aliphatic rings. The molecule has 0 unspecified atom stereocenters. The summed E-state index contributed by atoms with van der Waals surface area (Å²) in [4.78, 5) is 34.2. The Morgan fingerprint density at radius 1 is 1.00 bits per heavy atom. The molecule has 0 bridgehead atoms. The maximum Gasteiger partial charge on any atom is 0.343 e.